The van der Waals surface area contributed by atoms with Gasteiger partial charge in [-0.25, -0.2) is 8.42 Å². The van der Waals surface area contributed by atoms with E-state index in [1.165, 1.54) is 4.41 Å². The van der Waals surface area contributed by atoms with Crippen molar-refractivity contribution in [1.82, 2.24) is 9.84 Å². The lowest BCUT2D eigenvalue weighted by atomic mass is 10.0. The zero-order chi connectivity index (χ0) is 24.5. The number of sulfonamides is 1. The molecule has 0 fully saturated rings. The third-order valence-electron chi connectivity index (χ3n) is 5.83. The highest BCUT2D eigenvalue weighted by atomic mass is 32.2. The third kappa shape index (κ3) is 4.47. The Bertz CT molecular complexity index is 1300. The van der Waals surface area contributed by atoms with Gasteiger partial charge in [-0.2, -0.15) is 0 Å². The Labute approximate surface area is 201 Å². The highest BCUT2D eigenvalue weighted by Gasteiger charge is 2.37. The normalized spacial score (nSPS) is 16.0. The molecule has 0 aromatic heterocycles. The van der Waals surface area contributed by atoms with E-state index >= 15 is 0 Å². The summed E-state index contributed by atoms with van der Waals surface area (Å²) in [4.78, 5) is 2.23. The van der Waals surface area contributed by atoms with Crippen LogP contribution < -0.4 is 19.8 Å². The van der Waals surface area contributed by atoms with Gasteiger partial charge < -0.3 is 19.8 Å². The van der Waals surface area contributed by atoms with E-state index in [1.54, 1.807) is 44.6 Å². The first-order chi connectivity index (χ1) is 16.2. The molecule has 0 amide bonds. The number of nitrogens with one attached hydrogen (secondary N) is 1. The Hall–Kier alpha value is -3.49. The lowest BCUT2D eigenvalue weighted by Gasteiger charge is -2.25. The molecule has 34 heavy (non-hydrogen) atoms. The van der Waals surface area contributed by atoms with Crippen LogP contribution in [0, 0.1) is 6.92 Å². The van der Waals surface area contributed by atoms with Crippen molar-refractivity contribution in [3.05, 3.63) is 89.5 Å². The second-order valence-corrected chi connectivity index (χ2v) is 10.1. The SMILES string of the molecule is COc1ccc(C2=C[C@H](c3ccc(N(C)C)cc3)N(S(=O)(=O)c3ccc(C)cc3)N2)cc1OC. The summed E-state index contributed by atoms with van der Waals surface area (Å²) in [6.45, 7) is 1.93. The van der Waals surface area contributed by atoms with Crippen molar-refractivity contribution in [2.75, 3.05) is 33.2 Å². The Morgan fingerprint density at radius 2 is 1.53 bits per heavy atom. The van der Waals surface area contributed by atoms with Gasteiger partial charge in [-0.1, -0.05) is 29.8 Å². The van der Waals surface area contributed by atoms with Gasteiger partial charge >= 0.3 is 0 Å². The van der Waals surface area contributed by atoms with Crippen LogP contribution in [0.4, 0.5) is 5.69 Å². The van der Waals surface area contributed by atoms with Crippen LogP contribution in [0.15, 0.2) is 77.7 Å². The molecule has 4 rings (SSSR count). The van der Waals surface area contributed by atoms with E-state index in [0.29, 0.717) is 17.2 Å². The maximum Gasteiger partial charge on any atom is 0.260 e. The molecule has 0 unspecified atom stereocenters. The van der Waals surface area contributed by atoms with E-state index in [0.717, 1.165) is 22.4 Å². The standard InChI is InChI=1S/C26H29N3O4S/c1-18-6-13-22(14-7-18)34(30,31)29-24(19-8-11-21(12-9-19)28(2)3)17-23(27-29)20-10-15-25(32-4)26(16-20)33-5/h6-17,24,27H,1-5H3/t24-/m1/s1. The third-order valence-corrected chi connectivity index (χ3v) is 7.54. The first-order valence-corrected chi connectivity index (χ1v) is 12.3. The van der Waals surface area contributed by atoms with Gasteiger partial charge in [0.05, 0.1) is 30.9 Å². The predicted molar refractivity (Wildman–Crippen MR) is 134 cm³/mol. The van der Waals surface area contributed by atoms with Crippen LogP contribution >= 0.6 is 0 Å². The number of nitrogens with zero attached hydrogens (tertiary/aromatic N) is 2. The van der Waals surface area contributed by atoms with Crippen molar-refractivity contribution >= 4 is 21.4 Å². The van der Waals surface area contributed by atoms with Crippen molar-refractivity contribution in [3.63, 3.8) is 0 Å². The van der Waals surface area contributed by atoms with Crippen LogP contribution in [0.25, 0.3) is 5.70 Å². The van der Waals surface area contributed by atoms with Crippen molar-refractivity contribution in [2.24, 2.45) is 0 Å². The summed E-state index contributed by atoms with van der Waals surface area (Å²) in [5.41, 5.74) is 7.47. The van der Waals surface area contributed by atoms with Gasteiger partial charge in [0.1, 0.15) is 0 Å². The van der Waals surface area contributed by atoms with Gasteiger partial charge in [0.2, 0.25) is 0 Å². The van der Waals surface area contributed by atoms with E-state index in [9.17, 15) is 8.42 Å². The number of aryl methyl sites for hydroxylation is 1. The van der Waals surface area contributed by atoms with Crippen LogP contribution in [0.3, 0.4) is 0 Å². The lowest BCUT2D eigenvalue weighted by Crippen LogP contribution is -2.39. The molecule has 0 saturated heterocycles. The minimum Gasteiger partial charge on any atom is -0.493 e. The van der Waals surface area contributed by atoms with E-state index in [-0.39, 0.29) is 4.90 Å². The Kier molecular flexibility index (Phi) is 6.54. The molecule has 178 valence electrons. The zero-order valence-electron chi connectivity index (χ0n) is 19.9. The number of hydrazine groups is 1. The van der Waals surface area contributed by atoms with E-state index in [2.05, 4.69) is 5.43 Å². The fraction of sp³-hybridized carbons (Fsp3) is 0.231. The molecule has 0 saturated carbocycles. The Morgan fingerprint density at radius 1 is 0.882 bits per heavy atom. The monoisotopic (exact) mass is 479 g/mol. The largest absolute Gasteiger partial charge is 0.493 e. The fourth-order valence-electron chi connectivity index (χ4n) is 3.85. The highest BCUT2D eigenvalue weighted by Crippen LogP contribution is 2.38. The summed E-state index contributed by atoms with van der Waals surface area (Å²) >= 11 is 0. The van der Waals surface area contributed by atoms with Crippen molar-refractivity contribution in [3.8, 4) is 11.5 Å². The lowest BCUT2D eigenvalue weighted by molar-refractivity contribution is 0.347. The molecular weight excluding hydrogens is 450 g/mol. The maximum atomic E-state index is 13.7. The summed E-state index contributed by atoms with van der Waals surface area (Å²) in [6.07, 6.45) is 1.91. The molecule has 3 aromatic rings. The average molecular weight is 480 g/mol. The maximum absolute atomic E-state index is 13.7. The Morgan fingerprint density at radius 3 is 2.12 bits per heavy atom. The van der Waals surface area contributed by atoms with Gasteiger partial charge in [0, 0.05) is 25.3 Å². The van der Waals surface area contributed by atoms with E-state index < -0.39 is 16.1 Å². The van der Waals surface area contributed by atoms with Gasteiger partial charge in [0.15, 0.2) is 11.5 Å². The van der Waals surface area contributed by atoms with Gasteiger partial charge in [-0.05, 0) is 61.0 Å². The summed E-state index contributed by atoms with van der Waals surface area (Å²) < 4.78 is 39.5. The molecule has 1 N–H and O–H groups in total. The number of ether oxygens (including phenoxy) is 2. The zero-order valence-corrected chi connectivity index (χ0v) is 20.8. The molecule has 1 heterocycles. The minimum atomic E-state index is -3.84. The first kappa shape index (κ1) is 23.7. The summed E-state index contributed by atoms with van der Waals surface area (Å²) in [5.74, 6) is 1.17. The van der Waals surface area contributed by atoms with Crippen LogP contribution in [0.1, 0.15) is 22.7 Å². The molecule has 1 aliphatic rings. The number of methoxy groups -OCH3 is 2. The van der Waals surface area contributed by atoms with Crippen molar-refractivity contribution < 1.29 is 17.9 Å². The number of hydrogen-bond donors (Lipinski definition) is 1. The van der Waals surface area contributed by atoms with E-state index in [4.69, 9.17) is 9.47 Å². The molecule has 7 nitrogen and oxygen atoms in total. The fourth-order valence-corrected chi connectivity index (χ4v) is 5.26. The second kappa shape index (κ2) is 9.40. The molecular formula is C26H29N3O4S. The van der Waals surface area contributed by atoms with Crippen LogP contribution in [0.2, 0.25) is 0 Å². The number of benzene rings is 3. The second-order valence-electron chi connectivity index (χ2n) is 8.31. The number of anilines is 1. The molecule has 0 bridgehead atoms. The van der Waals surface area contributed by atoms with Crippen LogP contribution in [-0.4, -0.2) is 41.1 Å². The molecule has 0 spiro atoms. The molecule has 0 radical (unpaired) electrons. The van der Waals surface area contributed by atoms with Crippen molar-refractivity contribution in [2.45, 2.75) is 17.9 Å². The van der Waals surface area contributed by atoms with E-state index in [1.807, 2.05) is 68.4 Å². The topological polar surface area (TPSA) is 71.1 Å². The Balaban J connectivity index is 1.78. The van der Waals surface area contributed by atoms with Gasteiger partial charge in [-0.3, -0.25) is 0 Å². The molecule has 1 aliphatic heterocycles. The van der Waals surface area contributed by atoms with Crippen LogP contribution in [0.5, 0.6) is 11.5 Å². The summed E-state index contributed by atoms with van der Waals surface area (Å²) in [5, 5.41) is 0. The number of hydrogen-bond acceptors (Lipinski definition) is 6. The smallest absolute Gasteiger partial charge is 0.260 e. The molecule has 0 aliphatic carbocycles. The van der Waals surface area contributed by atoms with Crippen LogP contribution in [-0.2, 0) is 10.0 Å². The number of rotatable bonds is 7. The first-order valence-electron chi connectivity index (χ1n) is 10.8. The summed E-state index contributed by atoms with van der Waals surface area (Å²) in [6, 6.07) is 19.7. The highest BCUT2D eigenvalue weighted by molar-refractivity contribution is 7.89. The minimum absolute atomic E-state index is 0.225. The molecule has 3 aromatic carbocycles. The molecule has 1 atom stereocenters. The average Bonchev–Trinajstić information content (AvgIpc) is 3.30. The predicted octanol–water partition coefficient (Wildman–Crippen LogP) is 4.37. The van der Waals surface area contributed by atoms with Gasteiger partial charge in [0.25, 0.3) is 10.0 Å². The summed E-state index contributed by atoms with van der Waals surface area (Å²) in [7, 11) is 3.24. The van der Waals surface area contributed by atoms with Gasteiger partial charge in [-0.15, -0.1) is 4.41 Å². The molecule has 8 heteroatoms. The van der Waals surface area contributed by atoms with Crippen molar-refractivity contribution in [1.29, 1.82) is 0 Å². The quantitative estimate of drug-likeness (QED) is 0.543.